The van der Waals surface area contributed by atoms with E-state index in [2.05, 4.69) is 20.0 Å². The van der Waals surface area contributed by atoms with Crippen LogP contribution in [0.4, 0.5) is 14.6 Å². The van der Waals surface area contributed by atoms with Gasteiger partial charge < -0.3 is 9.80 Å². The maximum absolute atomic E-state index is 14.1. The van der Waals surface area contributed by atoms with Crippen molar-refractivity contribution >= 4 is 22.8 Å². The summed E-state index contributed by atoms with van der Waals surface area (Å²) in [6.45, 7) is 5.70. The molecule has 0 unspecified atom stereocenters. The Kier molecular flexibility index (Phi) is 5.24. The maximum atomic E-state index is 14.1. The van der Waals surface area contributed by atoms with Gasteiger partial charge in [0.05, 0.1) is 22.3 Å². The lowest BCUT2D eigenvalue weighted by Gasteiger charge is -2.35. The average Bonchev–Trinajstić information content (AvgIpc) is 3.15. The Balaban J connectivity index is 1.45. The van der Waals surface area contributed by atoms with Crippen molar-refractivity contribution in [2.75, 3.05) is 31.1 Å². The van der Waals surface area contributed by atoms with E-state index in [-0.39, 0.29) is 17.3 Å². The third-order valence-electron chi connectivity index (χ3n) is 5.84. The number of aromatic nitrogens is 4. The Morgan fingerprint density at radius 2 is 1.61 bits per heavy atom. The summed E-state index contributed by atoms with van der Waals surface area (Å²) >= 11 is 0. The molecule has 1 saturated heterocycles. The SMILES string of the molecule is Cc1nc(N2CCN(C(=O)c3ccccc3F)CC2)c2c(C)nn(-c3ccc(F)cc3)c2n1. The molecule has 2 aromatic carbocycles. The van der Waals surface area contributed by atoms with Gasteiger partial charge in [0, 0.05) is 26.2 Å². The number of nitrogens with zero attached hydrogens (tertiary/aromatic N) is 6. The molecule has 0 atom stereocenters. The van der Waals surface area contributed by atoms with Crippen molar-refractivity contribution in [3.8, 4) is 5.69 Å². The van der Waals surface area contributed by atoms with Crippen LogP contribution in [-0.4, -0.2) is 56.7 Å². The van der Waals surface area contributed by atoms with Gasteiger partial charge in [0.15, 0.2) is 5.65 Å². The van der Waals surface area contributed by atoms with Gasteiger partial charge in [0.2, 0.25) is 0 Å². The molecule has 0 spiro atoms. The summed E-state index contributed by atoms with van der Waals surface area (Å²) in [5, 5.41) is 5.46. The number of piperazine rings is 1. The highest BCUT2D eigenvalue weighted by molar-refractivity contribution is 5.95. The minimum atomic E-state index is -0.512. The zero-order valence-electron chi connectivity index (χ0n) is 18.3. The molecule has 1 aliphatic heterocycles. The zero-order chi connectivity index (χ0) is 23.1. The predicted molar refractivity (Wildman–Crippen MR) is 121 cm³/mol. The molecular weight excluding hydrogens is 426 g/mol. The lowest BCUT2D eigenvalue weighted by Crippen LogP contribution is -2.49. The van der Waals surface area contributed by atoms with Crippen molar-refractivity contribution in [2.24, 2.45) is 0 Å². The van der Waals surface area contributed by atoms with Gasteiger partial charge >= 0.3 is 0 Å². The summed E-state index contributed by atoms with van der Waals surface area (Å²) in [5.74, 6) is 0.201. The van der Waals surface area contributed by atoms with Crippen LogP contribution in [0.25, 0.3) is 16.7 Å². The van der Waals surface area contributed by atoms with E-state index in [0.29, 0.717) is 43.3 Å². The first-order valence-electron chi connectivity index (χ1n) is 10.7. The summed E-state index contributed by atoms with van der Waals surface area (Å²) in [7, 11) is 0. The molecule has 1 fully saturated rings. The van der Waals surface area contributed by atoms with Crippen LogP contribution in [0.3, 0.4) is 0 Å². The van der Waals surface area contributed by atoms with Crippen LogP contribution in [0.15, 0.2) is 48.5 Å². The fourth-order valence-corrected chi connectivity index (χ4v) is 4.19. The number of carbonyl (C=O) groups excluding carboxylic acids is 1. The van der Waals surface area contributed by atoms with E-state index in [0.717, 1.165) is 16.9 Å². The van der Waals surface area contributed by atoms with E-state index in [4.69, 9.17) is 0 Å². The van der Waals surface area contributed by atoms with Crippen LogP contribution in [0, 0.1) is 25.5 Å². The standard InChI is InChI=1S/C24H22F2N6O/c1-15-21-22(27-16(2)28-23(21)32(29-15)18-9-7-17(25)8-10-18)30-11-13-31(14-12-30)24(33)19-5-3-4-6-20(19)26/h3-10H,11-14H2,1-2H3. The Morgan fingerprint density at radius 3 is 2.30 bits per heavy atom. The molecule has 3 heterocycles. The van der Waals surface area contributed by atoms with Crippen LogP contribution in [-0.2, 0) is 0 Å². The van der Waals surface area contributed by atoms with E-state index < -0.39 is 5.82 Å². The molecule has 1 aliphatic rings. The lowest BCUT2D eigenvalue weighted by molar-refractivity contribution is 0.0742. The van der Waals surface area contributed by atoms with Gasteiger partial charge in [-0.25, -0.2) is 23.4 Å². The largest absolute Gasteiger partial charge is 0.352 e. The summed E-state index contributed by atoms with van der Waals surface area (Å²) in [4.78, 5) is 25.8. The minimum absolute atomic E-state index is 0.0858. The Morgan fingerprint density at radius 1 is 0.909 bits per heavy atom. The van der Waals surface area contributed by atoms with Gasteiger partial charge in [0.1, 0.15) is 23.3 Å². The normalized spacial score (nSPS) is 14.2. The molecule has 2 aromatic heterocycles. The van der Waals surface area contributed by atoms with E-state index >= 15 is 0 Å². The predicted octanol–water partition coefficient (Wildman–Crippen LogP) is 3.67. The number of hydrogen-bond donors (Lipinski definition) is 0. The first kappa shape index (κ1) is 21.0. The third kappa shape index (κ3) is 3.79. The number of benzene rings is 2. The fraction of sp³-hybridized carbons (Fsp3) is 0.250. The van der Waals surface area contributed by atoms with Crippen LogP contribution < -0.4 is 4.90 Å². The van der Waals surface area contributed by atoms with E-state index in [1.54, 1.807) is 33.8 Å². The summed E-state index contributed by atoms with van der Waals surface area (Å²) in [6.07, 6.45) is 0. The average molecular weight is 448 g/mol. The highest BCUT2D eigenvalue weighted by atomic mass is 19.1. The molecular formula is C24H22F2N6O. The van der Waals surface area contributed by atoms with Crippen molar-refractivity contribution in [1.29, 1.82) is 0 Å². The number of rotatable bonds is 3. The number of hydrogen-bond acceptors (Lipinski definition) is 5. The molecule has 5 rings (SSSR count). The van der Waals surface area contributed by atoms with Crippen molar-refractivity contribution in [1.82, 2.24) is 24.6 Å². The van der Waals surface area contributed by atoms with Crippen molar-refractivity contribution in [3.05, 3.63) is 77.2 Å². The van der Waals surface area contributed by atoms with E-state index in [9.17, 15) is 13.6 Å². The second kappa shape index (κ2) is 8.23. The molecule has 0 aliphatic carbocycles. The number of carbonyl (C=O) groups is 1. The van der Waals surface area contributed by atoms with Crippen LogP contribution >= 0.6 is 0 Å². The molecule has 0 radical (unpaired) electrons. The van der Waals surface area contributed by atoms with Crippen LogP contribution in [0.1, 0.15) is 21.9 Å². The van der Waals surface area contributed by atoms with Gasteiger partial charge in [0.25, 0.3) is 5.91 Å². The van der Waals surface area contributed by atoms with Crippen molar-refractivity contribution in [3.63, 3.8) is 0 Å². The molecule has 7 nitrogen and oxygen atoms in total. The monoisotopic (exact) mass is 448 g/mol. The van der Waals surface area contributed by atoms with Gasteiger partial charge in [-0.3, -0.25) is 4.79 Å². The molecule has 4 aromatic rings. The second-order valence-electron chi connectivity index (χ2n) is 8.03. The zero-order valence-corrected chi connectivity index (χ0v) is 18.3. The summed E-state index contributed by atoms with van der Waals surface area (Å²) < 4.78 is 29.2. The Labute approximate surface area is 189 Å². The second-order valence-corrected chi connectivity index (χ2v) is 8.03. The number of amides is 1. The lowest BCUT2D eigenvalue weighted by atomic mass is 10.1. The van der Waals surface area contributed by atoms with Gasteiger partial charge in [-0.1, -0.05) is 12.1 Å². The number of fused-ring (bicyclic) bond motifs is 1. The molecule has 168 valence electrons. The highest BCUT2D eigenvalue weighted by Gasteiger charge is 2.27. The Hall–Kier alpha value is -3.88. The molecule has 0 saturated carbocycles. The van der Waals surface area contributed by atoms with Crippen molar-refractivity contribution < 1.29 is 13.6 Å². The molecule has 9 heteroatoms. The van der Waals surface area contributed by atoms with Crippen molar-refractivity contribution in [2.45, 2.75) is 13.8 Å². The maximum Gasteiger partial charge on any atom is 0.256 e. The molecule has 33 heavy (non-hydrogen) atoms. The molecule has 1 amide bonds. The Bertz CT molecular complexity index is 1340. The first-order valence-corrected chi connectivity index (χ1v) is 10.7. The minimum Gasteiger partial charge on any atom is -0.352 e. The molecule has 0 N–H and O–H groups in total. The van der Waals surface area contributed by atoms with Crippen LogP contribution in [0.2, 0.25) is 0 Å². The highest BCUT2D eigenvalue weighted by Crippen LogP contribution is 2.29. The van der Waals surface area contributed by atoms with E-state index in [1.807, 2.05) is 13.8 Å². The summed E-state index contributed by atoms with van der Waals surface area (Å²) in [5.41, 5.74) is 2.20. The third-order valence-corrected chi connectivity index (χ3v) is 5.84. The number of halogens is 2. The van der Waals surface area contributed by atoms with Gasteiger partial charge in [-0.15, -0.1) is 0 Å². The van der Waals surface area contributed by atoms with Gasteiger partial charge in [-0.05, 0) is 50.2 Å². The quantitative estimate of drug-likeness (QED) is 0.479. The first-order chi connectivity index (χ1) is 15.9. The topological polar surface area (TPSA) is 67.2 Å². The molecule has 0 bridgehead atoms. The fourth-order valence-electron chi connectivity index (χ4n) is 4.19. The van der Waals surface area contributed by atoms with E-state index in [1.165, 1.54) is 24.3 Å². The van der Waals surface area contributed by atoms with Crippen LogP contribution in [0.5, 0.6) is 0 Å². The number of aryl methyl sites for hydroxylation is 2. The number of anilines is 1. The summed E-state index contributed by atoms with van der Waals surface area (Å²) in [6, 6.07) is 12.1. The smallest absolute Gasteiger partial charge is 0.256 e. The van der Waals surface area contributed by atoms with Gasteiger partial charge in [-0.2, -0.15) is 5.10 Å².